The molecule has 4 nitrogen and oxygen atoms in total. The van der Waals surface area contributed by atoms with E-state index < -0.39 is 0 Å². The maximum atomic E-state index is 12.1. The molecule has 2 bridgehead atoms. The van der Waals surface area contributed by atoms with E-state index >= 15 is 0 Å². The maximum absolute atomic E-state index is 12.1. The minimum absolute atomic E-state index is 0.0892. The standard InChI is InChI=1S/C13H22O3.C10H14O/c1-5-12(2,3)11(14)16-13(4)8-9-6-7-10(13)15-9;1-3-8(2)9-4-6-10(11)7-5-9/h9-10H,5-8H2,1-4H3;4-8,11H,3H2,1-2H3. The monoisotopic (exact) mass is 376 g/mol. The molecule has 152 valence electrons. The van der Waals surface area contributed by atoms with Crippen molar-refractivity contribution < 1.29 is 19.4 Å². The van der Waals surface area contributed by atoms with E-state index in [4.69, 9.17) is 14.6 Å². The van der Waals surface area contributed by atoms with E-state index in [1.165, 1.54) is 5.56 Å². The Morgan fingerprint density at radius 2 is 1.93 bits per heavy atom. The summed E-state index contributed by atoms with van der Waals surface area (Å²) in [5.74, 6) is 0.848. The van der Waals surface area contributed by atoms with Crippen molar-refractivity contribution in [3.8, 4) is 5.75 Å². The minimum atomic E-state index is -0.384. The highest BCUT2D eigenvalue weighted by Crippen LogP contribution is 2.44. The molecular weight excluding hydrogens is 340 g/mol. The Morgan fingerprint density at radius 3 is 2.37 bits per heavy atom. The van der Waals surface area contributed by atoms with Crippen molar-refractivity contribution in [1.82, 2.24) is 0 Å². The summed E-state index contributed by atoms with van der Waals surface area (Å²) in [6.45, 7) is 12.3. The van der Waals surface area contributed by atoms with E-state index in [0.717, 1.165) is 32.1 Å². The van der Waals surface area contributed by atoms with Crippen molar-refractivity contribution in [3.05, 3.63) is 29.8 Å². The first-order chi connectivity index (χ1) is 12.6. The summed E-state index contributed by atoms with van der Waals surface area (Å²) in [5.41, 5.74) is 0.530. The van der Waals surface area contributed by atoms with Crippen molar-refractivity contribution in [2.75, 3.05) is 0 Å². The van der Waals surface area contributed by atoms with E-state index in [1.54, 1.807) is 12.1 Å². The fourth-order valence-corrected chi connectivity index (χ4v) is 3.53. The Hall–Kier alpha value is -1.55. The van der Waals surface area contributed by atoms with E-state index in [0.29, 0.717) is 17.8 Å². The van der Waals surface area contributed by atoms with Crippen LogP contribution in [0.1, 0.15) is 85.1 Å². The Bertz CT molecular complexity index is 622. The average Bonchev–Trinajstić information content (AvgIpc) is 3.22. The number of benzene rings is 1. The van der Waals surface area contributed by atoms with Crippen LogP contribution in [0.4, 0.5) is 0 Å². The summed E-state index contributed by atoms with van der Waals surface area (Å²) in [4.78, 5) is 12.1. The van der Waals surface area contributed by atoms with Gasteiger partial charge in [0.25, 0.3) is 0 Å². The molecule has 0 saturated carbocycles. The van der Waals surface area contributed by atoms with Gasteiger partial charge in [-0.2, -0.15) is 0 Å². The number of esters is 1. The Balaban J connectivity index is 0.000000208. The maximum Gasteiger partial charge on any atom is 0.312 e. The van der Waals surface area contributed by atoms with Crippen LogP contribution in [0.3, 0.4) is 0 Å². The number of aromatic hydroxyl groups is 1. The predicted octanol–water partition coefficient (Wildman–Crippen LogP) is 5.58. The van der Waals surface area contributed by atoms with Crippen LogP contribution < -0.4 is 0 Å². The third-order valence-electron chi connectivity index (χ3n) is 6.26. The Morgan fingerprint density at radius 1 is 1.30 bits per heavy atom. The first kappa shape index (κ1) is 21.7. The number of hydrogen-bond donors (Lipinski definition) is 1. The van der Waals surface area contributed by atoms with Gasteiger partial charge in [0.2, 0.25) is 0 Å². The Labute approximate surface area is 164 Å². The summed E-state index contributed by atoms with van der Waals surface area (Å²) < 4.78 is 11.5. The van der Waals surface area contributed by atoms with Gasteiger partial charge in [0, 0.05) is 6.42 Å². The van der Waals surface area contributed by atoms with Crippen LogP contribution in [0, 0.1) is 5.41 Å². The van der Waals surface area contributed by atoms with Gasteiger partial charge >= 0.3 is 5.97 Å². The highest BCUT2D eigenvalue weighted by atomic mass is 16.6. The number of phenolic OH excluding ortho intramolecular Hbond substituents is 1. The van der Waals surface area contributed by atoms with E-state index in [9.17, 15) is 4.79 Å². The molecule has 27 heavy (non-hydrogen) atoms. The molecule has 1 N–H and O–H groups in total. The van der Waals surface area contributed by atoms with E-state index in [2.05, 4.69) is 13.8 Å². The molecule has 0 aromatic heterocycles. The molecule has 4 heteroatoms. The smallest absolute Gasteiger partial charge is 0.312 e. The van der Waals surface area contributed by atoms with Gasteiger partial charge in [-0.25, -0.2) is 0 Å². The van der Waals surface area contributed by atoms with Crippen molar-refractivity contribution >= 4 is 5.97 Å². The lowest BCUT2D eigenvalue weighted by Gasteiger charge is -2.34. The van der Waals surface area contributed by atoms with Crippen LogP contribution in [0.15, 0.2) is 24.3 Å². The topological polar surface area (TPSA) is 55.8 Å². The second-order valence-corrected chi connectivity index (χ2v) is 8.87. The third-order valence-corrected chi connectivity index (χ3v) is 6.26. The van der Waals surface area contributed by atoms with Gasteiger partial charge in [-0.15, -0.1) is 0 Å². The van der Waals surface area contributed by atoms with Crippen LogP contribution in [-0.4, -0.2) is 28.9 Å². The van der Waals surface area contributed by atoms with Gasteiger partial charge in [-0.3, -0.25) is 4.79 Å². The van der Waals surface area contributed by atoms with Crippen LogP contribution in [0.25, 0.3) is 0 Å². The molecule has 2 saturated heterocycles. The summed E-state index contributed by atoms with van der Waals surface area (Å²) in [6, 6.07) is 7.43. The SMILES string of the molecule is CCC(C)(C)C(=O)OC1(C)CC2CCC1O2.CCC(C)c1ccc(O)cc1. The molecular formula is C23H36O4. The summed E-state index contributed by atoms with van der Waals surface area (Å²) in [7, 11) is 0. The molecule has 0 amide bonds. The Kier molecular flexibility index (Phi) is 6.96. The van der Waals surface area contributed by atoms with Crippen LogP contribution >= 0.6 is 0 Å². The lowest BCUT2D eigenvalue weighted by Crippen LogP contribution is -2.44. The van der Waals surface area contributed by atoms with Gasteiger partial charge < -0.3 is 14.6 Å². The van der Waals surface area contributed by atoms with Crippen molar-refractivity contribution in [2.45, 2.75) is 97.4 Å². The van der Waals surface area contributed by atoms with Gasteiger partial charge in [-0.1, -0.05) is 32.9 Å². The van der Waals surface area contributed by atoms with E-state index in [1.807, 2.05) is 39.8 Å². The number of carbonyl (C=O) groups is 1. The second-order valence-electron chi connectivity index (χ2n) is 8.87. The number of phenols is 1. The second kappa shape index (κ2) is 8.64. The lowest BCUT2D eigenvalue weighted by atomic mass is 9.85. The molecule has 3 rings (SSSR count). The van der Waals surface area contributed by atoms with Crippen LogP contribution in [-0.2, 0) is 14.3 Å². The van der Waals surface area contributed by atoms with Crippen LogP contribution in [0.2, 0.25) is 0 Å². The molecule has 0 spiro atoms. The molecule has 2 aliphatic heterocycles. The number of hydrogen-bond acceptors (Lipinski definition) is 4. The first-order valence-electron chi connectivity index (χ1n) is 10.3. The number of fused-ring (bicyclic) bond motifs is 2. The quantitative estimate of drug-likeness (QED) is 0.681. The number of carbonyl (C=O) groups excluding carboxylic acids is 1. The molecule has 1 aromatic rings. The van der Waals surface area contributed by atoms with E-state index in [-0.39, 0.29) is 23.1 Å². The lowest BCUT2D eigenvalue weighted by molar-refractivity contribution is -0.174. The van der Waals surface area contributed by atoms with Crippen LogP contribution in [0.5, 0.6) is 5.75 Å². The summed E-state index contributed by atoms with van der Waals surface area (Å²) in [5, 5.41) is 9.01. The molecule has 2 aliphatic rings. The van der Waals surface area contributed by atoms with Gasteiger partial charge in [0.1, 0.15) is 11.4 Å². The molecule has 2 heterocycles. The molecule has 0 aliphatic carbocycles. The third kappa shape index (κ3) is 5.25. The first-order valence-corrected chi connectivity index (χ1v) is 10.3. The molecule has 4 atom stereocenters. The fourth-order valence-electron chi connectivity index (χ4n) is 3.53. The summed E-state index contributed by atoms with van der Waals surface area (Å²) in [6.07, 6.45) is 5.39. The van der Waals surface area contributed by atoms with Gasteiger partial charge in [0.05, 0.1) is 17.6 Å². The van der Waals surface area contributed by atoms with Gasteiger partial charge in [0.15, 0.2) is 0 Å². The number of rotatable bonds is 5. The summed E-state index contributed by atoms with van der Waals surface area (Å²) >= 11 is 0. The molecule has 4 unspecified atom stereocenters. The minimum Gasteiger partial charge on any atom is -0.508 e. The fraction of sp³-hybridized carbons (Fsp3) is 0.696. The van der Waals surface area contributed by atoms with Crippen molar-refractivity contribution in [1.29, 1.82) is 0 Å². The van der Waals surface area contributed by atoms with Crippen molar-refractivity contribution in [3.63, 3.8) is 0 Å². The van der Waals surface area contributed by atoms with Gasteiger partial charge in [-0.05, 0) is 70.1 Å². The zero-order valence-corrected chi connectivity index (χ0v) is 17.7. The largest absolute Gasteiger partial charge is 0.508 e. The highest BCUT2D eigenvalue weighted by molar-refractivity contribution is 5.76. The average molecular weight is 377 g/mol. The number of ether oxygens (including phenoxy) is 2. The molecule has 2 fully saturated rings. The normalized spacial score (nSPS) is 27.6. The molecule has 0 radical (unpaired) electrons. The zero-order chi connectivity index (χ0) is 20.2. The zero-order valence-electron chi connectivity index (χ0n) is 17.7. The highest BCUT2D eigenvalue weighted by Gasteiger charge is 2.53. The predicted molar refractivity (Wildman–Crippen MR) is 108 cm³/mol. The van der Waals surface area contributed by atoms with Crippen molar-refractivity contribution in [2.24, 2.45) is 5.41 Å². The molecule has 1 aromatic carbocycles.